The summed E-state index contributed by atoms with van der Waals surface area (Å²) in [5.74, 6) is 0.240. The van der Waals surface area contributed by atoms with Gasteiger partial charge < -0.3 is 9.47 Å². The summed E-state index contributed by atoms with van der Waals surface area (Å²) in [5, 5.41) is 0. The summed E-state index contributed by atoms with van der Waals surface area (Å²) < 4.78 is 10.4. The molecule has 0 aliphatic heterocycles. The van der Waals surface area contributed by atoms with Gasteiger partial charge in [0.25, 0.3) is 0 Å². The fourth-order valence-corrected chi connectivity index (χ4v) is 1.93. The van der Waals surface area contributed by atoms with Crippen molar-refractivity contribution in [2.45, 2.75) is 19.4 Å². The Morgan fingerprint density at radius 1 is 0.900 bits per heavy atom. The van der Waals surface area contributed by atoms with Crippen LogP contribution in [0, 0.1) is 0 Å². The minimum atomic E-state index is -0.997. The van der Waals surface area contributed by atoms with Crippen LogP contribution in [0.25, 0.3) is 11.1 Å². The van der Waals surface area contributed by atoms with Crippen LogP contribution in [0.3, 0.4) is 0 Å². The Kier molecular flexibility index (Phi) is 4.08. The molecule has 104 valence electrons. The molecule has 0 amide bonds. The summed E-state index contributed by atoms with van der Waals surface area (Å²) in [6.07, 6.45) is 0. The van der Waals surface area contributed by atoms with Crippen LogP contribution in [-0.4, -0.2) is 18.7 Å². The van der Waals surface area contributed by atoms with Gasteiger partial charge >= 0.3 is 5.97 Å². The fraction of sp³-hybridized carbons (Fsp3) is 0.235. The third-order valence-corrected chi connectivity index (χ3v) is 3.01. The first-order valence-electron chi connectivity index (χ1n) is 6.46. The van der Waals surface area contributed by atoms with Crippen LogP contribution in [0.4, 0.5) is 0 Å². The van der Waals surface area contributed by atoms with E-state index >= 15 is 0 Å². The Hall–Kier alpha value is -2.29. The summed E-state index contributed by atoms with van der Waals surface area (Å²) in [6, 6.07) is 17.7. The highest BCUT2D eigenvalue weighted by atomic mass is 16.6. The van der Waals surface area contributed by atoms with Gasteiger partial charge in [-0.05, 0) is 37.1 Å². The van der Waals surface area contributed by atoms with Gasteiger partial charge in [0.15, 0.2) is 5.60 Å². The van der Waals surface area contributed by atoms with Gasteiger partial charge in [0.05, 0.1) is 7.11 Å². The summed E-state index contributed by atoms with van der Waals surface area (Å²) in [7, 11) is 1.35. The van der Waals surface area contributed by atoms with Crippen molar-refractivity contribution in [3.63, 3.8) is 0 Å². The van der Waals surface area contributed by atoms with E-state index in [0.29, 0.717) is 5.75 Å². The van der Waals surface area contributed by atoms with Gasteiger partial charge in [-0.2, -0.15) is 0 Å². The average molecular weight is 270 g/mol. The third kappa shape index (κ3) is 3.18. The molecule has 20 heavy (non-hydrogen) atoms. The van der Waals surface area contributed by atoms with Crippen LogP contribution in [0.5, 0.6) is 5.75 Å². The van der Waals surface area contributed by atoms with Crippen LogP contribution in [0.15, 0.2) is 54.6 Å². The summed E-state index contributed by atoms with van der Waals surface area (Å²) >= 11 is 0. The molecule has 0 aliphatic rings. The maximum Gasteiger partial charge on any atom is 0.349 e. The number of ether oxygens (including phenoxy) is 2. The minimum Gasteiger partial charge on any atom is -0.476 e. The second-order valence-electron chi connectivity index (χ2n) is 4.99. The number of carbonyl (C=O) groups is 1. The first-order chi connectivity index (χ1) is 9.53. The van der Waals surface area contributed by atoms with Crippen molar-refractivity contribution >= 4 is 5.97 Å². The van der Waals surface area contributed by atoms with Crippen molar-refractivity contribution in [1.29, 1.82) is 0 Å². The molecule has 3 nitrogen and oxygen atoms in total. The van der Waals surface area contributed by atoms with Crippen molar-refractivity contribution in [3.05, 3.63) is 54.6 Å². The molecule has 0 saturated carbocycles. The molecule has 0 heterocycles. The number of hydrogen-bond acceptors (Lipinski definition) is 3. The summed E-state index contributed by atoms with van der Waals surface area (Å²) in [6.45, 7) is 3.37. The molecule has 2 aromatic rings. The van der Waals surface area contributed by atoms with Crippen LogP contribution in [-0.2, 0) is 9.53 Å². The molecule has 2 rings (SSSR count). The number of rotatable bonds is 4. The van der Waals surface area contributed by atoms with E-state index < -0.39 is 11.6 Å². The minimum absolute atomic E-state index is 0.398. The summed E-state index contributed by atoms with van der Waals surface area (Å²) in [4.78, 5) is 11.6. The second-order valence-corrected chi connectivity index (χ2v) is 4.99. The van der Waals surface area contributed by atoms with Crippen molar-refractivity contribution in [2.75, 3.05) is 7.11 Å². The maximum atomic E-state index is 11.6. The fourth-order valence-electron chi connectivity index (χ4n) is 1.93. The van der Waals surface area contributed by atoms with Crippen LogP contribution in [0.2, 0.25) is 0 Å². The van der Waals surface area contributed by atoms with E-state index in [0.717, 1.165) is 11.1 Å². The van der Waals surface area contributed by atoms with Gasteiger partial charge in [0.1, 0.15) is 5.75 Å². The molecule has 3 heteroatoms. The Balaban J connectivity index is 2.15. The molecule has 0 atom stereocenters. The van der Waals surface area contributed by atoms with Crippen molar-refractivity contribution in [2.24, 2.45) is 0 Å². The zero-order valence-corrected chi connectivity index (χ0v) is 11.9. The number of esters is 1. The molecule has 0 spiro atoms. The Labute approximate surface area is 119 Å². The molecule has 0 unspecified atom stereocenters. The van der Waals surface area contributed by atoms with Crippen LogP contribution in [0.1, 0.15) is 13.8 Å². The Bertz CT molecular complexity index is 571. The molecule has 2 aromatic carbocycles. The molecule has 0 bridgehead atoms. The van der Waals surface area contributed by atoms with E-state index in [9.17, 15) is 4.79 Å². The molecule has 0 fully saturated rings. The highest BCUT2D eigenvalue weighted by Gasteiger charge is 2.30. The predicted octanol–water partition coefficient (Wildman–Crippen LogP) is 3.68. The molecule has 0 N–H and O–H groups in total. The second kappa shape index (κ2) is 5.78. The number of benzene rings is 2. The highest BCUT2D eigenvalue weighted by molar-refractivity contribution is 5.78. The number of carbonyl (C=O) groups excluding carboxylic acids is 1. The van der Waals surface area contributed by atoms with Crippen LogP contribution < -0.4 is 4.74 Å². The zero-order valence-electron chi connectivity index (χ0n) is 11.9. The monoisotopic (exact) mass is 270 g/mol. The standard InChI is InChI=1S/C17H18O3/c1-17(2,16(18)19-3)20-15-11-9-14(10-12-15)13-7-5-4-6-8-13/h4-12H,1-3H3. The van der Waals surface area contributed by atoms with Crippen LogP contribution >= 0.6 is 0 Å². The average Bonchev–Trinajstić information content (AvgIpc) is 2.47. The molecule has 0 aromatic heterocycles. The SMILES string of the molecule is COC(=O)C(C)(C)Oc1ccc(-c2ccccc2)cc1. The topological polar surface area (TPSA) is 35.5 Å². The van der Waals surface area contributed by atoms with Gasteiger partial charge in [-0.1, -0.05) is 42.5 Å². The van der Waals surface area contributed by atoms with E-state index in [1.54, 1.807) is 13.8 Å². The van der Waals surface area contributed by atoms with Gasteiger partial charge in [-0.25, -0.2) is 4.79 Å². The molecule has 0 radical (unpaired) electrons. The highest BCUT2D eigenvalue weighted by Crippen LogP contribution is 2.24. The normalized spacial score (nSPS) is 10.9. The lowest BCUT2D eigenvalue weighted by Crippen LogP contribution is -2.39. The van der Waals surface area contributed by atoms with E-state index in [4.69, 9.17) is 9.47 Å². The van der Waals surface area contributed by atoms with Gasteiger partial charge in [-0.3, -0.25) is 0 Å². The molecular weight excluding hydrogens is 252 g/mol. The largest absolute Gasteiger partial charge is 0.476 e. The zero-order chi connectivity index (χ0) is 14.6. The van der Waals surface area contributed by atoms with E-state index in [2.05, 4.69) is 0 Å². The molecule has 0 aliphatic carbocycles. The molecule has 0 saturated heterocycles. The first-order valence-corrected chi connectivity index (χ1v) is 6.46. The van der Waals surface area contributed by atoms with Crippen molar-refractivity contribution in [1.82, 2.24) is 0 Å². The smallest absolute Gasteiger partial charge is 0.349 e. The quantitative estimate of drug-likeness (QED) is 0.795. The van der Waals surface area contributed by atoms with E-state index in [1.165, 1.54) is 7.11 Å². The predicted molar refractivity (Wildman–Crippen MR) is 78.6 cm³/mol. The van der Waals surface area contributed by atoms with Gasteiger partial charge in [0.2, 0.25) is 0 Å². The Morgan fingerprint density at radius 3 is 2.00 bits per heavy atom. The van der Waals surface area contributed by atoms with Gasteiger partial charge in [0, 0.05) is 0 Å². The third-order valence-electron chi connectivity index (χ3n) is 3.01. The molecular formula is C17H18O3. The Morgan fingerprint density at radius 2 is 1.45 bits per heavy atom. The number of hydrogen-bond donors (Lipinski definition) is 0. The lowest BCUT2D eigenvalue weighted by atomic mass is 10.1. The van der Waals surface area contributed by atoms with Gasteiger partial charge in [-0.15, -0.1) is 0 Å². The van der Waals surface area contributed by atoms with E-state index in [1.807, 2.05) is 54.6 Å². The first kappa shape index (κ1) is 14.1. The van der Waals surface area contributed by atoms with E-state index in [-0.39, 0.29) is 0 Å². The van der Waals surface area contributed by atoms with Crippen molar-refractivity contribution in [3.8, 4) is 16.9 Å². The van der Waals surface area contributed by atoms with Crippen molar-refractivity contribution < 1.29 is 14.3 Å². The maximum absolute atomic E-state index is 11.6. The lowest BCUT2D eigenvalue weighted by molar-refractivity contribution is -0.156. The number of methoxy groups -OCH3 is 1. The summed E-state index contributed by atoms with van der Waals surface area (Å²) in [5.41, 5.74) is 1.25. The lowest BCUT2D eigenvalue weighted by Gasteiger charge is -2.23.